The van der Waals surface area contributed by atoms with E-state index in [0.717, 1.165) is 0 Å². The topological polar surface area (TPSA) is 38.9 Å². The van der Waals surface area contributed by atoms with E-state index in [2.05, 4.69) is 54.4 Å². The first-order chi connectivity index (χ1) is 9.79. The van der Waals surface area contributed by atoms with Gasteiger partial charge in [0.2, 0.25) is 0 Å². The van der Waals surface area contributed by atoms with E-state index in [-0.39, 0.29) is 5.92 Å². The molecule has 0 aliphatic rings. The van der Waals surface area contributed by atoms with Crippen LogP contribution in [0.4, 0.5) is 0 Å². The Morgan fingerprint density at radius 1 is 1.05 bits per heavy atom. The first-order valence-electron chi connectivity index (χ1n) is 6.89. The first kappa shape index (κ1) is 12.8. The minimum Gasteiger partial charge on any atom is -0.330 e. The number of hydrogen-bond acceptors (Lipinski definition) is 2. The van der Waals surface area contributed by atoms with Crippen LogP contribution in [0.25, 0.3) is 10.8 Å². The van der Waals surface area contributed by atoms with Gasteiger partial charge in [-0.15, -0.1) is 0 Å². The zero-order chi connectivity index (χ0) is 13.9. The van der Waals surface area contributed by atoms with Crippen LogP contribution in [0, 0.1) is 6.92 Å². The molecule has 2 aromatic carbocycles. The highest BCUT2D eigenvalue weighted by Crippen LogP contribution is 2.29. The number of hydrogen-bond donors (Lipinski definition) is 1. The predicted octanol–water partition coefficient (Wildman–Crippen LogP) is 3.63. The fourth-order valence-corrected chi connectivity index (χ4v) is 2.72. The van der Waals surface area contributed by atoms with Gasteiger partial charge in [-0.25, -0.2) is 0 Å². The largest absolute Gasteiger partial charge is 0.330 e. The molecule has 3 rings (SSSR count). The Hall–Kier alpha value is -2.19. The summed E-state index contributed by atoms with van der Waals surface area (Å²) in [4.78, 5) is 4.39. The highest BCUT2D eigenvalue weighted by atomic mass is 14.6. The summed E-state index contributed by atoms with van der Waals surface area (Å²) in [5.41, 5.74) is 9.73. The van der Waals surface area contributed by atoms with Crippen LogP contribution in [0.1, 0.15) is 22.6 Å². The summed E-state index contributed by atoms with van der Waals surface area (Å²) in [5, 5.41) is 2.42. The van der Waals surface area contributed by atoms with Crippen molar-refractivity contribution >= 4 is 10.8 Å². The van der Waals surface area contributed by atoms with Crippen LogP contribution in [0.3, 0.4) is 0 Å². The van der Waals surface area contributed by atoms with Crippen LogP contribution in [0.5, 0.6) is 0 Å². The summed E-state index contributed by atoms with van der Waals surface area (Å²) in [6.45, 7) is 2.68. The summed E-state index contributed by atoms with van der Waals surface area (Å²) in [5.74, 6) is 0.190. The lowest BCUT2D eigenvalue weighted by Crippen LogP contribution is -2.14. The molecule has 0 saturated heterocycles. The second-order valence-corrected chi connectivity index (χ2v) is 5.15. The lowest BCUT2D eigenvalue weighted by molar-refractivity contribution is 0.821. The zero-order valence-corrected chi connectivity index (χ0v) is 11.6. The van der Waals surface area contributed by atoms with Gasteiger partial charge in [0.15, 0.2) is 0 Å². The van der Waals surface area contributed by atoms with Crippen LogP contribution in [-0.4, -0.2) is 11.5 Å². The van der Waals surface area contributed by atoms with Gasteiger partial charge >= 0.3 is 0 Å². The summed E-state index contributed by atoms with van der Waals surface area (Å²) >= 11 is 0. The number of rotatable bonds is 3. The standard InChI is InChI=1S/C18H18N2/c1-13-7-8-16-15(9-13)11-20-12-18(16)17(10-19)14-5-3-2-4-6-14/h2-9,11-12,17H,10,19H2,1H3. The van der Waals surface area contributed by atoms with Gasteiger partial charge in [-0.3, -0.25) is 4.98 Å². The Bertz CT molecular complexity index is 720. The third-order valence-electron chi connectivity index (χ3n) is 3.76. The van der Waals surface area contributed by atoms with Crippen LogP contribution >= 0.6 is 0 Å². The maximum absolute atomic E-state index is 6.03. The molecule has 20 heavy (non-hydrogen) atoms. The van der Waals surface area contributed by atoms with E-state index in [9.17, 15) is 0 Å². The number of fused-ring (bicyclic) bond motifs is 1. The van der Waals surface area contributed by atoms with Gasteiger partial charge in [0.1, 0.15) is 0 Å². The van der Waals surface area contributed by atoms with Crippen molar-refractivity contribution in [1.82, 2.24) is 4.98 Å². The molecule has 2 heteroatoms. The molecule has 1 unspecified atom stereocenters. The molecule has 0 fully saturated rings. The van der Waals surface area contributed by atoms with Crippen molar-refractivity contribution in [2.45, 2.75) is 12.8 Å². The lowest BCUT2D eigenvalue weighted by Gasteiger charge is -2.17. The Labute approximate surface area is 119 Å². The van der Waals surface area contributed by atoms with E-state index in [0.29, 0.717) is 6.54 Å². The molecular weight excluding hydrogens is 244 g/mol. The number of nitrogens with two attached hydrogens (primary N) is 1. The Morgan fingerprint density at radius 2 is 1.85 bits per heavy atom. The van der Waals surface area contributed by atoms with Gasteiger partial charge < -0.3 is 5.73 Å². The van der Waals surface area contributed by atoms with Crippen molar-refractivity contribution < 1.29 is 0 Å². The highest BCUT2D eigenvalue weighted by molar-refractivity contribution is 5.86. The first-order valence-corrected chi connectivity index (χ1v) is 6.89. The molecule has 100 valence electrons. The van der Waals surface area contributed by atoms with Gasteiger partial charge in [-0.05, 0) is 29.5 Å². The fraction of sp³-hybridized carbons (Fsp3) is 0.167. The number of aryl methyl sites for hydroxylation is 1. The lowest BCUT2D eigenvalue weighted by atomic mass is 9.89. The second-order valence-electron chi connectivity index (χ2n) is 5.15. The van der Waals surface area contributed by atoms with Gasteiger partial charge in [0.05, 0.1) is 0 Å². The third-order valence-corrected chi connectivity index (χ3v) is 3.76. The molecule has 0 aliphatic heterocycles. The minimum absolute atomic E-state index is 0.190. The molecule has 1 heterocycles. The van der Waals surface area contributed by atoms with Crippen molar-refractivity contribution in [1.29, 1.82) is 0 Å². The van der Waals surface area contributed by atoms with Crippen molar-refractivity contribution in [3.8, 4) is 0 Å². The van der Waals surface area contributed by atoms with Gasteiger partial charge in [-0.2, -0.15) is 0 Å². The van der Waals surface area contributed by atoms with Gasteiger partial charge in [0, 0.05) is 30.2 Å². The summed E-state index contributed by atoms with van der Waals surface area (Å²) in [7, 11) is 0. The van der Waals surface area contributed by atoms with Crippen LogP contribution in [0.15, 0.2) is 60.9 Å². The van der Waals surface area contributed by atoms with E-state index in [1.54, 1.807) is 0 Å². The van der Waals surface area contributed by atoms with Crippen LogP contribution in [0.2, 0.25) is 0 Å². The van der Waals surface area contributed by atoms with Crippen LogP contribution in [-0.2, 0) is 0 Å². The average molecular weight is 262 g/mol. The summed E-state index contributed by atoms with van der Waals surface area (Å²) in [6, 6.07) is 16.9. The second kappa shape index (κ2) is 5.43. The third kappa shape index (κ3) is 2.30. The molecule has 2 nitrogen and oxygen atoms in total. The van der Waals surface area contributed by atoms with Crippen LogP contribution < -0.4 is 5.73 Å². The summed E-state index contributed by atoms with van der Waals surface area (Å²) < 4.78 is 0. The monoisotopic (exact) mass is 262 g/mol. The summed E-state index contributed by atoms with van der Waals surface area (Å²) in [6.07, 6.45) is 3.87. The minimum atomic E-state index is 0.190. The Balaban J connectivity index is 2.17. The Morgan fingerprint density at radius 3 is 2.60 bits per heavy atom. The number of benzene rings is 2. The Kier molecular flexibility index (Phi) is 3.48. The van der Waals surface area contributed by atoms with Gasteiger partial charge in [0.25, 0.3) is 0 Å². The van der Waals surface area contributed by atoms with E-state index in [1.165, 1.54) is 27.5 Å². The zero-order valence-electron chi connectivity index (χ0n) is 11.6. The van der Waals surface area contributed by atoms with Gasteiger partial charge in [-0.1, -0.05) is 48.0 Å². The quantitative estimate of drug-likeness (QED) is 0.782. The fourth-order valence-electron chi connectivity index (χ4n) is 2.72. The van der Waals surface area contributed by atoms with Crippen molar-refractivity contribution in [2.75, 3.05) is 6.54 Å². The number of pyridine rings is 1. The molecule has 0 saturated carbocycles. The van der Waals surface area contributed by atoms with Crippen molar-refractivity contribution in [2.24, 2.45) is 5.73 Å². The smallest absolute Gasteiger partial charge is 0.0346 e. The molecule has 1 atom stereocenters. The van der Waals surface area contributed by atoms with E-state index >= 15 is 0 Å². The van der Waals surface area contributed by atoms with Crippen molar-refractivity contribution in [3.63, 3.8) is 0 Å². The maximum Gasteiger partial charge on any atom is 0.0346 e. The number of nitrogens with zero attached hydrogens (tertiary/aromatic N) is 1. The molecule has 0 radical (unpaired) electrons. The van der Waals surface area contributed by atoms with E-state index < -0.39 is 0 Å². The van der Waals surface area contributed by atoms with E-state index in [1.807, 2.05) is 18.5 Å². The highest BCUT2D eigenvalue weighted by Gasteiger charge is 2.15. The number of aromatic nitrogens is 1. The molecule has 0 amide bonds. The molecule has 2 N–H and O–H groups in total. The average Bonchev–Trinajstić information content (AvgIpc) is 2.49. The predicted molar refractivity (Wildman–Crippen MR) is 83.8 cm³/mol. The SMILES string of the molecule is Cc1ccc2c(C(CN)c3ccccc3)cncc2c1. The van der Waals surface area contributed by atoms with E-state index in [4.69, 9.17) is 5.73 Å². The maximum atomic E-state index is 6.03. The molecule has 1 aromatic heterocycles. The molecule has 0 bridgehead atoms. The molecule has 0 spiro atoms. The molecule has 3 aromatic rings. The van der Waals surface area contributed by atoms with Crippen molar-refractivity contribution in [3.05, 3.63) is 77.6 Å². The molecule has 0 aliphatic carbocycles. The normalized spacial score (nSPS) is 12.5. The molecular formula is C18H18N2.